The molecule has 1 saturated heterocycles. The number of carbonyl (C=O) groups excluding carboxylic acids is 1. The van der Waals surface area contributed by atoms with E-state index in [9.17, 15) is 30.3 Å². The van der Waals surface area contributed by atoms with Gasteiger partial charge in [-0.1, -0.05) is 6.92 Å². The molecular weight excluding hydrogens is 492 g/mol. The molecule has 6 rings (SSSR count). The molecule has 0 aromatic rings. The third kappa shape index (κ3) is 3.72. The number of aliphatic hydroxyl groups is 5. The summed E-state index contributed by atoms with van der Waals surface area (Å²) in [6, 6.07) is 0. The largest absolute Gasteiger partial charge is 0.458 e. The number of fused-ring (bicyclic) bond motifs is 5. The second-order valence-corrected chi connectivity index (χ2v) is 13.5. The van der Waals surface area contributed by atoms with Gasteiger partial charge in [-0.15, -0.1) is 0 Å². The zero-order chi connectivity index (χ0) is 27.1. The first-order valence-corrected chi connectivity index (χ1v) is 14.6. The molecule has 0 aromatic carbocycles. The summed E-state index contributed by atoms with van der Waals surface area (Å²) in [7, 11) is 0. The molecule has 12 atom stereocenters. The van der Waals surface area contributed by atoms with E-state index in [2.05, 4.69) is 6.92 Å². The molecule has 0 bridgehead atoms. The molecule has 4 saturated carbocycles. The highest BCUT2D eigenvalue weighted by atomic mass is 16.7. The van der Waals surface area contributed by atoms with Crippen LogP contribution in [-0.4, -0.2) is 86.6 Å². The van der Waals surface area contributed by atoms with E-state index in [1.165, 1.54) is 0 Å². The summed E-state index contributed by atoms with van der Waals surface area (Å²) in [4.78, 5) is 11.8. The van der Waals surface area contributed by atoms with Crippen LogP contribution < -0.4 is 0 Å². The van der Waals surface area contributed by atoms with Crippen molar-refractivity contribution in [2.45, 2.75) is 120 Å². The molecular formula is C29H44O9. The van der Waals surface area contributed by atoms with E-state index in [-0.39, 0.29) is 48.3 Å². The average Bonchev–Trinajstić information content (AvgIpc) is 3.41. The van der Waals surface area contributed by atoms with Crippen LogP contribution in [0.5, 0.6) is 0 Å². The molecule has 6 aliphatic rings. The van der Waals surface area contributed by atoms with Crippen LogP contribution in [0.3, 0.4) is 0 Å². The van der Waals surface area contributed by atoms with Gasteiger partial charge < -0.3 is 39.7 Å². The fraction of sp³-hybridized carbons (Fsp3) is 0.897. The summed E-state index contributed by atoms with van der Waals surface area (Å²) in [6.45, 7) is 4.05. The van der Waals surface area contributed by atoms with E-state index < -0.39 is 41.2 Å². The van der Waals surface area contributed by atoms with Crippen molar-refractivity contribution in [3.05, 3.63) is 11.6 Å². The van der Waals surface area contributed by atoms with Gasteiger partial charge in [0.1, 0.15) is 12.7 Å². The van der Waals surface area contributed by atoms with Crippen molar-refractivity contribution in [3.63, 3.8) is 0 Å². The predicted molar refractivity (Wildman–Crippen MR) is 134 cm³/mol. The molecule has 0 radical (unpaired) electrons. The highest BCUT2D eigenvalue weighted by Gasteiger charge is 2.71. The average molecular weight is 537 g/mol. The minimum atomic E-state index is -1.12. The van der Waals surface area contributed by atoms with Gasteiger partial charge in [0.2, 0.25) is 0 Å². The summed E-state index contributed by atoms with van der Waals surface area (Å²) < 4.78 is 17.2. The lowest BCUT2D eigenvalue weighted by atomic mass is 9.41. The van der Waals surface area contributed by atoms with Gasteiger partial charge in [0, 0.05) is 29.7 Å². The van der Waals surface area contributed by atoms with Crippen molar-refractivity contribution in [3.8, 4) is 0 Å². The standard InChI is InChI=1S/C29H44O9/c1-16-25(33)22(31)12-24(37-16)38-18-3-8-27(15-30)20-4-7-26(2)19(17-11-23(32)36-14-17)6-10-29(26,35)21(20)5-9-28(27,34)13-18/h11,16,18-22,24-25,30-31,33-35H,3-10,12-15H2,1-2H3/t16-,18+,19+,20-,21+,22+,24+,25-,26-,27+,28+,29+/m1/s1. The molecule has 9 heteroatoms. The molecule has 0 aromatic heterocycles. The van der Waals surface area contributed by atoms with Crippen molar-refractivity contribution in [1.82, 2.24) is 0 Å². The van der Waals surface area contributed by atoms with Gasteiger partial charge in [0.05, 0.1) is 36.1 Å². The van der Waals surface area contributed by atoms with Crippen LogP contribution in [0.25, 0.3) is 0 Å². The smallest absolute Gasteiger partial charge is 0.331 e. The van der Waals surface area contributed by atoms with Crippen LogP contribution in [0.1, 0.15) is 78.1 Å². The van der Waals surface area contributed by atoms with E-state index >= 15 is 0 Å². The Balaban J connectivity index is 1.21. The molecule has 2 aliphatic heterocycles. The van der Waals surface area contributed by atoms with Crippen molar-refractivity contribution < 1.29 is 44.5 Å². The topological polar surface area (TPSA) is 146 Å². The second-order valence-electron chi connectivity index (χ2n) is 13.5. The van der Waals surface area contributed by atoms with Gasteiger partial charge in [-0.25, -0.2) is 4.79 Å². The van der Waals surface area contributed by atoms with Gasteiger partial charge in [0.15, 0.2) is 6.29 Å². The van der Waals surface area contributed by atoms with Crippen LogP contribution in [0.15, 0.2) is 11.6 Å². The lowest BCUT2D eigenvalue weighted by Gasteiger charge is -2.66. The number of cyclic esters (lactones) is 1. The molecule has 214 valence electrons. The zero-order valence-corrected chi connectivity index (χ0v) is 22.6. The minimum Gasteiger partial charge on any atom is -0.458 e. The number of ether oxygens (including phenoxy) is 3. The van der Waals surface area contributed by atoms with E-state index in [0.29, 0.717) is 45.1 Å². The van der Waals surface area contributed by atoms with Crippen LogP contribution >= 0.6 is 0 Å². The SMILES string of the molecule is C[C@H]1O[C@@H](O[C@H]2CC[C@]3(CO)[C@@H]4CC[C@]5(C)[C@H](C6=CC(=O)OC6)CC[C@]5(O)[C@H]4CC[C@]3(O)C2)C[C@H](O)[C@@H]1O. The van der Waals surface area contributed by atoms with Gasteiger partial charge in [-0.3, -0.25) is 0 Å². The first-order valence-electron chi connectivity index (χ1n) is 14.6. The molecule has 38 heavy (non-hydrogen) atoms. The summed E-state index contributed by atoms with van der Waals surface area (Å²) in [5, 5.41) is 55.6. The predicted octanol–water partition coefficient (Wildman–Crippen LogP) is 1.57. The van der Waals surface area contributed by atoms with Crippen LogP contribution in [0.4, 0.5) is 0 Å². The van der Waals surface area contributed by atoms with Gasteiger partial charge >= 0.3 is 5.97 Å². The first-order chi connectivity index (χ1) is 18.0. The Morgan fingerprint density at radius 1 is 1.05 bits per heavy atom. The summed E-state index contributed by atoms with van der Waals surface area (Å²) in [6.07, 6.45) is 4.24. The van der Waals surface area contributed by atoms with Crippen LogP contribution in [0.2, 0.25) is 0 Å². The highest BCUT2D eigenvalue weighted by Crippen LogP contribution is 2.70. The maximum Gasteiger partial charge on any atom is 0.331 e. The number of esters is 1. The van der Waals surface area contributed by atoms with Gasteiger partial charge in [0.25, 0.3) is 0 Å². The quantitative estimate of drug-likeness (QED) is 0.267. The summed E-state index contributed by atoms with van der Waals surface area (Å²) in [5.74, 6) is -0.245. The summed E-state index contributed by atoms with van der Waals surface area (Å²) >= 11 is 0. The second kappa shape index (κ2) is 9.23. The molecule has 5 N–H and O–H groups in total. The molecule has 2 heterocycles. The van der Waals surface area contributed by atoms with E-state index in [0.717, 1.165) is 24.8 Å². The van der Waals surface area contributed by atoms with Gasteiger partial charge in [-0.2, -0.15) is 0 Å². The minimum absolute atomic E-state index is 0.0117. The molecule has 0 unspecified atom stereocenters. The van der Waals surface area contributed by atoms with E-state index in [1.54, 1.807) is 13.0 Å². The maximum absolute atomic E-state index is 12.4. The third-order valence-electron chi connectivity index (χ3n) is 12.1. The monoisotopic (exact) mass is 536 g/mol. The number of rotatable bonds is 4. The van der Waals surface area contributed by atoms with Crippen molar-refractivity contribution in [2.24, 2.45) is 28.6 Å². The molecule has 4 aliphatic carbocycles. The fourth-order valence-corrected chi connectivity index (χ4v) is 9.94. The van der Waals surface area contributed by atoms with E-state index in [1.807, 2.05) is 0 Å². The van der Waals surface area contributed by atoms with Crippen LogP contribution in [-0.2, 0) is 19.0 Å². The Hall–Kier alpha value is -1.07. The first kappa shape index (κ1) is 27.1. The lowest BCUT2D eigenvalue weighted by molar-refractivity contribution is -0.297. The van der Waals surface area contributed by atoms with E-state index in [4.69, 9.17) is 14.2 Å². The van der Waals surface area contributed by atoms with Crippen molar-refractivity contribution in [1.29, 1.82) is 0 Å². The lowest BCUT2D eigenvalue weighted by Crippen LogP contribution is -2.69. The number of carbonyl (C=O) groups is 1. The Labute approximate surface area is 224 Å². The molecule has 5 fully saturated rings. The Morgan fingerprint density at radius 2 is 1.82 bits per heavy atom. The third-order valence-corrected chi connectivity index (χ3v) is 12.1. The Morgan fingerprint density at radius 3 is 2.50 bits per heavy atom. The molecule has 0 amide bonds. The highest BCUT2D eigenvalue weighted by molar-refractivity contribution is 5.85. The molecule has 0 spiro atoms. The van der Waals surface area contributed by atoms with Crippen molar-refractivity contribution in [2.75, 3.05) is 13.2 Å². The zero-order valence-electron chi connectivity index (χ0n) is 22.6. The molecule has 9 nitrogen and oxygen atoms in total. The normalized spacial score (nSPS) is 54.5. The Kier molecular flexibility index (Phi) is 6.58. The summed E-state index contributed by atoms with van der Waals surface area (Å²) in [5.41, 5.74) is -2.15. The van der Waals surface area contributed by atoms with Gasteiger partial charge in [-0.05, 0) is 81.6 Å². The number of hydrogen-bond donors (Lipinski definition) is 5. The fourth-order valence-electron chi connectivity index (χ4n) is 9.94. The maximum atomic E-state index is 12.4. The van der Waals surface area contributed by atoms with Crippen LogP contribution in [0, 0.1) is 28.6 Å². The number of hydrogen-bond acceptors (Lipinski definition) is 9. The Bertz CT molecular complexity index is 973. The van der Waals surface area contributed by atoms with Crippen molar-refractivity contribution >= 4 is 5.97 Å². The number of aliphatic hydroxyl groups excluding tert-OH is 3.